The number of benzene rings is 1. The molecule has 1 atom stereocenters. The monoisotopic (exact) mass is 260 g/mol. The highest BCUT2D eigenvalue weighted by molar-refractivity contribution is 7.18. The molecule has 18 heavy (non-hydrogen) atoms. The third-order valence-corrected chi connectivity index (χ3v) is 4.83. The zero-order valence-electron chi connectivity index (χ0n) is 10.9. The minimum atomic E-state index is 0.854. The van der Waals surface area contributed by atoms with Gasteiger partial charge in [-0.05, 0) is 69.3 Å². The number of nitrogens with one attached hydrogen (secondary N) is 1. The van der Waals surface area contributed by atoms with Gasteiger partial charge < -0.3 is 5.32 Å². The van der Waals surface area contributed by atoms with E-state index >= 15 is 0 Å². The van der Waals surface area contributed by atoms with E-state index in [0.29, 0.717) is 0 Å². The molecule has 1 N–H and O–H groups in total. The van der Waals surface area contributed by atoms with E-state index in [0.717, 1.165) is 12.3 Å². The second-order valence-corrected chi connectivity index (χ2v) is 6.45. The predicted octanol–water partition coefficient (Wildman–Crippen LogP) is 3.54. The van der Waals surface area contributed by atoms with Crippen molar-refractivity contribution in [2.45, 2.75) is 32.6 Å². The minimum Gasteiger partial charge on any atom is -0.316 e. The first-order valence-corrected chi connectivity index (χ1v) is 7.70. The van der Waals surface area contributed by atoms with Crippen LogP contribution in [0.1, 0.15) is 29.8 Å². The second kappa shape index (κ2) is 5.37. The highest BCUT2D eigenvalue weighted by Gasteiger charge is 2.13. The molecule has 1 aromatic heterocycles. The number of aromatic nitrogens is 1. The summed E-state index contributed by atoms with van der Waals surface area (Å²) in [7, 11) is 0. The number of rotatable bonds is 3. The smallest absolute Gasteiger partial charge is 0.0938 e. The van der Waals surface area contributed by atoms with Crippen LogP contribution in [0, 0.1) is 12.8 Å². The van der Waals surface area contributed by atoms with E-state index in [1.807, 2.05) is 11.3 Å². The summed E-state index contributed by atoms with van der Waals surface area (Å²) in [5, 5.41) is 4.79. The molecule has 0 saturated carbocycles. The van der Waals surface area contributed by atoms with Crippen molar-refractivity contribution < 1.29 is 0 Å². The molecule has 3 rings (SSSR count). The molecule has 1 unspecified atom stereocenters. The Morgan fingerprint density at radius 3 is 3.22 bits per heavy atom. The Morgan fingerprint density at radius 1 is 1.44 bits per heavy atom. The Balaban J connectivity index is 1.67. The van der Waals surface area contributed by atoms with E-state index in [1.165, 1.54) is 53.1 Å². The Morgan fingerprint density at radius 2 is 2.39 bits per heavy atom. The van der Waals surface area contributed by atoms with Crippen LogP contribution in [0.2, 0.25) is 0 Å². The number of hydrogen-bond donors (Lipinski definition) is 1. The van der Waals surface area contributed by atoms with Crippen molar-refractivity contribution in [3.8, 4) is 0 Å². The van der Waals surface area contributed by atoms with Gasteiger partial charge in [-0.3, -0.25) is 0 Å². The molecule has 1 aliphatic heterocycles. The van der Waals surface area contributed by atoms with Gasteiger partial charge in [0.15, 0.2) is 0 Å². The van der Waals surface area contributed by atoms with Gasteiger partial charge in [-0.25, -0.2) is 4.98 Å². The largest absolute Gasteiger partial charge is 0.316 e. The quantitative estimate of drug-likeness (QED) is 0.913. The summed E-state index contributed by atoms with van der Waals surface area (Å²) in [5.74, 6) is 0.854. The molecule has 1 saturated heterocycles. The van der Waals surface area contributed by atoms with Crippen LogP contribution in [0.4, 0.5) is 0 Å². The van der Waals surface area contributed by atoms with Gasteiger partial charge in [-0.15, -0.1) is 11.3 Å². The van der Waals surface area contributed by atoms with Crippen molar-refractivity contribution in [3.63, 3.8) is 0 Å². The summed E-state index contributed by atoms with van der Waals surface area (Å²) >= 11 is 1.87. The highest BCUT2D eigenvalue weighted by Crippen LogP contribution is 2.25. The Bertz CT molecular complexity index is 526. The maximum absolute atomic E-state index is 4.74. The molecule has 96 valence electrons. The van der Waals surface area contributed by atoms with Crippen LogP contribution < -0.4 is 5.32 Å². The molecule has 1 aliphatic rings. The van der Waals surface area contributed by atoms with Gasteiger partial charge >= 0.3 is 0 Å². The van der Waals surface area contributed by atoms with Gasteiger partial charge in [0.2, 0.25) is 0 Å². The van der Waals surface area contributed by atoms with Crippen LogP contribution in [0.25, 0.3) is 10.2 Å². The fourth-order valence-corrected chi connectivity index (χ4v) is 3.77. The fourth-order valence-electron chi connectivity index (χ4n) is 2.68. The van der Waals surface area contributed by atoms with Crippen LogP contribution in [0.3, 0.4) is 0 Å². The summed E-state index contributed by atoms with van der Waals surface area (Å²) < 4.78 is 1.34. The first-order valence-electron chi connectivity index (χ1n) is 6.88. The van der Waals surface area contributed by atoms with Crippen LogP contribution in [-0.2, 0) is 6.42 Å². The van der Waals surface area contributed by atoms with E-state index in [9.17, 15) is 0 Å². The van der Waals surface area contributed by atoms with Crippen LogP contribution in [0.5, 0.6) is 0 Å². The van der Waals surface area contributed by atoms with Crippen molar-refractivity contribution in [2.75, 3.05) is 13.1 Å². The standard InChI is InChI=1S/C15H20N2S/c1-11-4-6-13-14(9-11)18-15(17-13)7-5-12-3-2-8-16-10-12/h4,6,9,12,16H,2-3,5,7-8,10H2,1H3. The number of piperidine rings is 1. The normalized spacial score (nSPS) is 20.4. The molecular formula is C15H20N2S. The third kappa shape index (κ3) is 2.73. The Labute approximate surface area is 112 Å². The molecule has 0 amide bonds. The molecule has 0 aliphatic carbocycles. The van der Waals surface area contributed by atoms with Crippen LogP contribution in [-0.4, -0.2) is 18.1 Å². The van der Waals surface area contributed by atoms with E-state index in [4.69, 9.17) is 4.98 Å². The SMILES string of the molecule is Cc1ccc2nc(CCC3CCCNC3)sc2c1. The Hall–Kier alpha value is -0.930. The number of aryl methyl sites for hydroxylation is 2. The van der Waals surface area contributed by atoms with Crippen LogP contribution in [0.15, 0.2) is 18.2 Å². The van der Waals surface area contributed by atoms with Crippen molar-refractivity contribution in [1.82, 2.24) is 10.3 Å². The molecular weight excluding hydrogens is 240 g/mol. The van der Waals surface area contributed by atoms with Gasteiger partial charge in [0.1, 0.15) is 0 Å². The first-order chi connectivity index (χ1) is 8.81. The maximum Gasteiger partial charge on any atom is 0.0938 e. The van der Waals surface area contributed by atoms with E-state index in [2.05, 4.69) is 30.4 Å². The van der Waals surface area contributed by atoms with E-state index in [-0.39, 0.29) is 0 Å². The van der Waals surface area contributed by atoms with E-state index in [1.54, 1.807) is 0 Å². The van der Waals surface area contributed by atoms with E-state index < -0.39 is 0 Å². The third-order valence-electron chi connectivity index (χ3n) is 3.75. The molecule has 2 aromatic rings. The molecule has 2 nitrogen and oxygen atoms in total. The summed E-state index contributed by atoms with van der Waals surface area (Å²) in [4.78, 5) is 4.74. The summed E-state index contributed by atoms with van der Waals surface area (Å²) in [6.07, 6.45) is 5.15. The summed E-state index contributed by atoms with van der Waals surface area (Å²) in [6.45, 7) is 4.55. The fraction of sp³-hybridized carbons (Fsp3) is 0.533. The number of thiazole rings is 1. The average molecular weight is 260 g/mol. The zero-order chi connectivity index (χ0) is 12.4. The van der Waals surface area contributed by atoms with Gasteiger partial charge in [0.25, 0.3) is 0 Å². The molecule has 0 spiro atoms. The first kappa shape index (κ1) is 12.1. The number of nitrogens with zero attached hydrogens (tertiary/aromatic N) is 1. The lowest BCUT2D eigenvalue weighted by Crippen LogP contribution is -2.29. The molecule has 1 aromatic carbocycles. The molecule has 0 radical (unpaired) electrons. The van der Waals surface area contributed by atoms with Crippen LogP contribution >= 0.6 is 11.3 Å². The number of hydrogen-bond acceptors (Lipinski definition) is 3. The summed E-state index contributed by atoms with van der Waals surface area (Å²) in [5.41, 5.74) is 2.50. The lowest BCUT2D eigenvalue weighted by molar-refractivity contribution is 0.358. The number of fused-ring (bicyclic) bond motifs is 1. The summed E-state index contributed by atoms with van der Waals surface area (Å²) in [6, 6.07) is 6.54. The van der Waals surface area contributed by atoms with Crippen molar-refractivity contribution in [3.05, 3.63) is 28.8 Å². The van der Waals surface area contributed by atoms with Gasteiger partial charge in [-0.1, -0.05) is 6.07 Å². The Kier molecular flexibility index (Phi) is 3.62. The van der Waals surface area contributed by atoms with Crippen molar-refractivity contribution >= 4 is 21.6 Å². The van der Waals surface area contributed by atoms with Crippen molar-refractivity contribution in [2.24, 2.45) is 5.92 Å². The van der Waals surface area contributed by atoms with Gasteiger partial charge in [0, 0.05) is 0 Å². The van der Waals surface area contributed by atoms with Gasteiger partial charge in [0.05, 0.1) is 15.2 Å². The second-order valence-electron chi connectivity index (χ2n) is 5.33. The maximum atomic E-state index is 4.74. The lowest BCUT2D eigenvalue weighted by Gasteiger charge is -2.21. The average Bonchev–Trinajstić information content (AvgIpc) is 2.79. The van der Waals surface area contributed by atoms with Crippen molar-refractivity contribution in [1.29, 1.82) is 0 Å². The predicted molar refractivity (Wildman–Crippen MR) is 78.3 cm³/mol. The molecule has 0 bridgehead atoms. The lowest BCUT2D eigenvalue weighted by atomic mass is 9.95. The molecule has 3 heteroatoms. The zero-order valence-corrected chi connectivity index (χ0v) is 11.7. The van der Waals surface area contributed by atoms with Gasteiger partial charge in [-0.2, -0.15) is 0 Å². The minimum absolute atomic E-state index is 0.854. The highest BCUT2D eigenvalue weighted by atomic mass is 32.1. The molecule has 2 heterocycles. The topological polar surface area (TPSA) is 24.9 Å². The molecule has 1 fully saturated rings.